The number of carbonyl (C=O) groups is 3. The Balaban J connectivity index is 1.85. The van der Waals surface area contributed by atoms with Crippen molar-refractivity contribution in [3.8, 4) is 0 Å². The molecule has 11 heteroatoms. The number of carboxylic acids is 1. The molecule has 0 aliphatic rings. The number of carbonyl (C=O) groups excluding carboxylic acids is 2. The molecule has 3 aromatic rings. The quantitative estimate of drug-likeness (QED) is 0.270. The van der Waals surface area contributed by atoms with Gasteiger partial charge in [-0.3, -0.25) is 14.9 Å². The van der Waals surface area contributed by atoms with Crippen LogP contribution in [0.25, 0.3) is 0 Å². The number of amides is 3. The van der Waals surface area contributed by atoms with Gasteiger partial charge in [0.2, 0.25) is 0 Å². The molecule has 0 unspecified atom stereocenters. The number of carboxylic acid groups (broad SMARTS) is 1. The Kier molecular flexibility index (Phi) is 8.38. The van der Waals surface area contributed by atoms with Gasteiger partial charge in [0.15, 0.2) is 0 Å². The topological polar surface area (TPSA) is 132 Å². The highest BCUT2D eigenvalue weighted by atomic mass is 19.1. The van der Waals surface area contributed by atoms with Gasteiger partial charge in [-0.2, -0.15) is 0 Å². The van der Waals surface area contributed by atoms with E-state index in [1.165, 1.54) is 12.3 Å². The van der Waals surface area contributed by atoms with Crippen LogP contribution >= 0.6 is 0 Å². The van der Waals surface area contributed by atoms with Crippen LogP contribution in [0, 0.1) is 17.0 Å². The fourth-order valence-electron chi connectivity index (χ4n) is 3.40. The van der Waals surface area contributed by atoms with Gasteiger partial charge in [0.25, 0.3) is 5.91 Å². The van der Waals surface area contributed by atoms with E-state index in [1.54, 1.807) is 45.0 Å². The van der Waals surface area contributed by atoms with E-state index in [4.69, 9.17) is 0 Å². The molecule has 0 fully saturated rings. The molecule has 1 heterocycles. The molecule has 0 saturated carbocycles. The lowest BCUT2D eigenvalue weighted by molar-refractivity contribution is -0.146. The average Bonchev–Trinajstić information content (AvgIpc) is 2.79. The number of anilines is 4. The molecular formula is C26H27F2N5O4. The number of hydrogen-bond donors (Lipinski definition) is 5. The summed E-state index contributed by atoms with van der Waals surface area (Å²) in [6, 6.07) is 10.4. The van der Waals surface area contributed by atoms with Crippen LogP contribution in [0.1, 0.15) is 36.7 Å². The Bertz CT molecular complexity index is 1290. The average molecular weight is 512 g/mol. The van der Waals surface area contributed by atoms with Crippen molar-refractivity contribution in [1.29, 1.82) is 0 Å². The highest BCUT2D eigenvalue weighted by Crippen LogP contribution is 2.27. The molecule has 0 saturated heterocycles. The summed E-state index contributed by atoms with van der Waals surface area (Å²) >= 11 is 0. The number of halogens is 2. The number of pyridine rings is 1. The van der Waals surface area contributed by atoms with Crippen LogP contribution in [-0.4, -0.2) is 34.5 Å². The molecule has 3 amide bonds. The molecule has 0 aliphatic heterocycles. The van der Waals surface area contributed by atoms with Crippen LogP contribution in [0.5, 0.6) is 0 Å². The molecule has 0 spiro atoms. The van der Waals surface area contributed by atoms with Gasteiger partial charge in [-0.25, -0.2) is 18.6 Å². The minimum absolute atomic E-state index is 0.0437. The van der Waals surface area contributed by atoms with E-state index in [0.717, 1.165) is 17.7 Å². The Morgan fingerprint density at radius 3 is 2.19 bits per heavy atom. The van der Waals surface area contributed by atoms with E-state index in [0.29, 0.717) is 24.7 Å². The van der Waals surface area contributed by atoms with Gasteiger partial charge in [-0.05, 0) is 57.0 Å². The first-order chi connectivity index (χ1) is 17.5. The lowest BCUT2D eigenvalue weighted by Gasteiger charge is -2.19. The van der Waals surface area contributed by atoms with Crippen molar-refractivity contribution < 1.29 is 28.3 Å². The lowest BCUT2D eigenvalue weighted by Crippen LogP contribution is -2.28. The predicted molar refractivity (Wildman–Crippen MR) is 136 cm³/mol. The largest absolute Gasteiger partial charge is 0.481 e. The zero-order valence-corrected chi connectivity index (χ0v) is 20.5. The number of nitrogens with one attached hydrogen (secondary N) is 4. The maximum absolute atomic E-state index is 13.7. The number of aliphatic carboxylic acids is 1. The summed E-state index contributed by atoms with van der Waals surface area (Å²) < 4.78 is 27.4. The van der Waals surface area contributed by atoms with Crippen LogP contribution in [-0.2, 0) is 11.2 Å². The molecule has 2 aromatic carbocycles. The fourth-order valence-corrected chi connectivity index (χ4v) is 3.40. The third kappa shape index (κ3) is 7.47. The summed E-state index contributed by atoms with van der Waals surface area (Å²) in [5.41, 5.74) is 0.507. The van der Waals surface area contributed by atoms with Gasteiger partial charge in [-0.1, -0.05) is 12.1 Å². The SMILES string of the molecule is CCNC(=O)Nc1cc(Nc2cc(F)cc(F)c2)c(C(=O)Nc2ccc(CC(C)(C)C(=O)O)cc2)cn1. The van der Waals surface area contributed by atoms with Gasteiger partial charge in [-0.15, -0.1) is 0 Å². The number of aromatic nitrogens is 1. The zero-order valence-electron chi connectivity index (χ0n) is 20.5. The van der Waals surface area contributed by atoms with Crippen LogP contribution in [0.4, 0.5) is 36.5 Å². The molecule has 0 radical (unpaired) electrons. The smallest absolute Gasteiger partial charge is 0.320 e. The van der Waals surface area contributed by atoms with Gasteiger partial charge in [0.1, 0.15) is 17.5 Å². The summed E-state index contributed by atoms with van der Waals surface area (Å²) in [7, 11) is 0. The summed E-state index contributed by atoms with van der Waals surface area (Å²) in [6.45, 7) is 5.38. The second kappa shape index (κ2) is 11.5. The van der Waals surface area contributed by atoms with Crippen molar-refractivity contribution in [2.75, 3.05) is 22.5 Å². The fraction of sp³-hybridized carbons (Fsp3) is 0.231. The second-order valence-corrected chi connectivity index (χ2v) is 8.90. The molecular weight excluding hydrogens is 484 g/mol. The van der Waals surface area contributed by atoms with Crippen molar-refractivity contribution in [1.82, 2.24) is 10.3 Å². The van der Waals surface area contributed by atoms with Crippen molar-refractivity contribution in [2.45, 2.75) is 27.2 Å². The zero-order chi connectivity index (χ0) is 27.2. The maximum Gasteiger partial charge on any atom is 0.320 e. The van der Waals surface area contributed by atoms with Crippen molar-refractivity contribution >= 4 is 40.8 Å². The molecule has 37 heavy (non-hydrogen) atoms. The van der Waals surface area contributed by atoms with Crippen LogP contribution in [0.3, 0.4) is 0 Å². The number of urea groups is 1. The molecule has 5 N–H and O–H groups in total. The summed E-state index contributed by atoms with van der Waals surface area (Å²) in [5, 5.41) is 19.9. The second-order valence-electron chi connectivity index (χ2n) is 8.90. The minimum atomic E-state index is -0.947. The third-order valence-electron chi connectivity index (χ3n) is 5.31. The molecule has 0 aliphatic carbocycles. The van der Waals surface area contributed by atoms with Crippen molar-refractivity contribution in [3.63, 3.8) is 0 Å². The molecule has 9 nitrogen and oxygen atoms in total. The Hall–Kier alpha value is -4.54. The highest BCUT2D eigenvalue weighted by Gasteiger charge is 2.27. The monoisotopic (exact) mass is 511 g/mol. The number of benzene rings is 2. The van der Waals surface area contributed by atoms with Gasteiger partial charge >= 0.3 is 12.0 Å². The van der Waals surface area contributed by atoms with Gasteiger partial charge in [0, 0.05) is 36.2 Å². The molecule has 0 atom stereocenters. The van der Waals surface area contributed by atoms with E-state index in [1.807, 2.05) is 0 Å². The minimum Gasteiger partial charge on any atom is -0.481 e. The molecule has 1 aromatic heterocycles. The van der Waals surface area contributed by atoms with Crippen molar-refractivity contribution in [3.05, 3.63) is 77.5 Å². The van der Waals surface area contributed by atoms with Crippen molar-refractivity contribution in [2.24, 2.45) is 5.41 Å². The summed E-state index contributed by atoms with van der Waals surface area (Å²) in [6.07, 6.45) is 1.53. The van der Waals surface area contributed by atoms with E-state index in [2.05, 4.69) is 26.3 Å². The van der Waals surface area contributed by atoms with E-state index in [9.17, 15) is 28.3 Å². The first kappa shape index (κ1) is 27.1. The Morgan fingerprint density at radius 1 is 0.946 bits per heavy atom. The molecule has 194 valence electrons. The van der Waals surface area contributed by atoms with E-state index in [-0.39, 0.29) is 22.8 Å². The Morgan fingerprint density at radius 2 is 1.59 bits per heavy atom. The first-order valence-corrected chi connectivity index (χ1v) is 11.4. The molecule has 3 rings (SSSR count). The van der Waals surface area contributed by atoms with Crippen LogP contribution < -0.4 is 21.3 Å². The Labute approximate surface area is 212 Å². The number of hydrogen-bond acceptors (Lipinski definition) is 5. The van der Waals surface area contributed by atoms with Gasteiger partial charge < -0.3 is 21.1 Å². The number of rotatable bonds is 9. The summed E-state index contributed by atoms with van der Waals surface area (Å²) in [5.74, 6) is -3.01. The van der Waals surface area contributed by atoms with Crippen LogP contribution in [0.2, 0.25) is 0 Å². The highest BCUT2D eigenvalue weighted by molar-refractivity contribution is 6.08. The van der Waals surface area contributed by atoms with Crippen LogP contribution in [0.15, 0.2) is 54.7 Å². The van der Waals surface area contributed by atoms with Gasteiger partial charge in [0.05, 0.1) is 16.7 Å². The molecule has 0 bridgehead atoms. The summed E-state index contributed by atoms with van der Waals surface area (Å²) in [4.78, 5) is 40.4. The third-order valence-corrected chi connectivity index (χ3v) is 5.31. The van der Waals surface area contributed by atoms with E-state index < -0.39 is 35.0 Å². The lowest BCUT2D eigenvalue weighted by atomic mass is 9.86. The first-order valence-electron chi connectivity index (χ1n) is 11.4. The normalized spacial score (nSPS) is 10.9. The predicted octanol–water partition coefficient (Wildman–Crippen LogP) is 5.15. The maximum atomic E-state index is 13.7. The standard InChI is InChI=1S/C26H27F2N5O4/c1-4-29-25(37)33-22-12-21(31-19-10-16(27)9-17(28)11-19)20(14-30-22)23(34)32-18-7-5-15(6-8-18)13-26(2,3)24(35)36/h5-12,14H,4,13H2,1-3H3,(H,32,34)(H,35,36)(H3,29,30,31,33,37). The number of nitrogens with zero attached hydrogens (tertiary/aromatic N) is 1. The van der Waals surface area contributed by atoms with E-state index >= 15 is 0 Å².